The van der Waals surface area contributed by atoms with Gasteiger partial charge in [0.2, 0.25) is 0 Å². The zero-order valence-electron chi connectivity index (χ0n) is 20.0. The van der Waals surface area contributed by atoms with Gasteiger partial charge in [-0.25, -0.2) is 0 Å². The summed E-state index contributed by atoms with van der Waals surface area (Å²) in [5.74, 6) is 0.585. The molecule has 1 saturated heterocycles. The van der Waals surface area contributed by atoms with Crippen molar-refractivity contribution in [2.45, 2.75) is 51.4 Å². The van der Waals surface area contributed by atoms with E-state index in [1.165, 1.54) is 25.8 Å². The number of hydrogen-bond acceptors (Lipinski definition) is 5. The molecular formula is C26H30F3N5. The zero-order chi connectivity index (χ0) is 24.3. The first-order valence-electron chi connectivity index (χ1n) is 11.8. The van der Waals surface area contributed by atoms with Crippen LogP contribution in [-0.2, 0) is 6.18 Å². The van der Waals surface area contributed by atoms with Gasteiger partial charge in [-0.15, -0.1) is 5.10 Å². The highest BCUT2D eigenvalue weighted by Crippen LogP contribution is 2.44. The van der Waals surface area contributed by atoms with E-state index < -0.39 is 11.7 Å². The van der Waals surface area contributed by atoms with Gasteiger partial charge in [-0.2, -0.15) is 18.3 Å². The Morgan fingerprint density at radius 2 is 1.79 bits per heavy atom. The Bertz CT molecular complexity index is 1240. The van der Waals surface area contributed by atoms with Gasteiger partial charge in [0.05, 0.1) is 17.3 Å². The third kappa shape index (κ3) is 3.98. The molecule has 34 heavy (non-hydrogen) atoms. The van der Waals surface area contributed by atoms with Gasteiger partial charge in [0.1, 0.15) is 0 Å². The summed E-state index contributed by atoms with van der Waals surface area (Å²) in [6.45, 7) is 8.31. The van der Waals surface area contributed by atoms with Gasteiger partial charge in [0, 0.05) is 41.6 Å². The summed E-state index contributed by atoms with van der Waals surface area (Å²) < 4.78 is 40.3. The van der Waals surface area contributed by atoms with Crippen molar-refractivity contribution < 1.29 is 13.2 Å². The Labute approximate surface area is 198 Å². The van der Waals surface area contributed by atoms with Gasteiger partial charge in [-0.05, 0) is 70.0 Å². The lowest BCUT2D eigenvalue weighted by atomic mass is 9.97. The van der Waals surface area contributed by atoms with Crippen molar-refractivity contribution in [2.75, 3.05) is 36.9 Å². The second-order valence-corrected chi connectivity index (χ2v) is 9.81. The number of aryl methyl sites for hydroxylation is 1. The number of hydrogen-bond donors (Lipinski definition) is 1. The zero-order valence-corrected chi connectivity index (χ0v) is 20.0. The van der Waals surface area contributed by atoms with Crippen LogP contribution in [-0.4, -0.2) is 47.3 Å². The van der Waals surface area contributed by atoms with Crippen LogP contribution in [0.4, 0.5) is 24.7 Å². The van der Waals surface area contributed by atoms with Crippen LogP contribution in [0, 0.1) is 13.8 Å². The highest BCUT2D eigenvalue weighted by atomic mass is 19.4. The lowest BCUT2D eigenvalue weighted by molar-refractivity contribution is -0.138. The molecule has 2 aromatic carbocycles. The van der Waals surface area contributed by atoms with Crippen molar-refractivity contribution in [3.63, 3.8) is 0 Å². The molecule has 0 bridgehead atoms. The van der Waals surface area contributed by atoms with E-state index in [0.29, 0.717) is 16.9 Å². The SMILES string of the molecule is Cc1c([C@@H](C)Nc2nnc(C)c3ccc(N4CCN(C)C5(CC5)C4)cc23)cccc1C(F)(F)F. The molecule has 1 aliphatic heterocycles. The van der Waals surface area contributed by atoms with Crippen LogP contribution < -0.4 is 10.2 Å². The summed E-state index contributed by atoms with van der Waals surface area (Å²) in [5, 5.41) is 14.0. The van der Waals surface area contributed by atoms with Crippen molar-refractivity contribution in [1.29, 1.82) is 0 Å². The number of rotatable bonds is 4. The normalized spacial score (nSPS) is 19.0. The highest BCUT2D eigenvalue weighted by molar-refractivity contribution is 5.95. The van der Waals surface area contributed by atoms with E-state index in [-0.39, 0.29) is 11.6 Å². The molecule has 1 N–H and O–H groups in total. The summed E-state index contributed by atoms with van der Waals surface area (Å²) in [7, 11) is 2.21. The fourth-order valence-corrected chi connectivity index (χ4v) is 5.26. The lowest BCUT2D eigenvalue weighted by Gasteiger charge is -2.41. The van der Waals surface area contributed by atoms with Crippen LogP contribution in [0.15, 0.2) is 36.4 Å². The molecule has 1 spiro atoms. The molecule has 0 radical (unpaired) electrons. The van der Waals surface area contributed by atoms with Crippen LogP contribution in [0.3, 0.4) is 0 Å². The molecule has 1 saturated carbocycles. The van der Waals surface area contributed by atoms with E-state index in [1.54, 1.807) is 6.07 Å². The average Bonchev–Trinajstić information content (AvgIpc) is 3.57. The maximum absolute atomic E-state index is 13.4. The van der Waals surface area contributed by atoms with E-state index in [9.17, 15) is 13.2 Å². The van der Waals surface area contributed by atoms with Gasteiger partial charge in [0.15, 0.2) is 5.82 Å². The van der Waals surface area contributed by atoms with Gasteiger partial charge in [-0.1, -0.05) is 18.2 Å². The molecular weight excluding hydrogens is 439 g/mol. The van der Waals surface area contributed by atoms with Crippen molar-refractivity contribution in [3.8, 4) is 0 Å². The Hall–Kier alpha value is -2.87. The largest absolute Gasteiger partial charge is 0.416 e. The first-order chi connectivity index (χ1) is 16.1. The summed E-state index contributed by atoms with van der Waals surface area (Å²) in [6, 6.07) is 10.3. The minimum Gasteiger partial charge on any atom is -0.368 e. The number of nitrogens with zero attached hydrogens (tertiary/aromatic N) is 4. The fraction of sp³-hybridized carbons (Fsp3) is 0.462. The minimum absolute atomic E-state index is 0.229. The molecule has 0 unspecified atom stereocenters. The topological polar surface area (TPSA) is 44.3 Å². The van der Waals surface area contributed by atoms with Crippen LogP contribution in [0.25, 0.3) is 10.8 Å². The van der Waals surface area contributed by atoms with Crippen molar-refractivity contribution in [2.24, 2.45) is 0 Å². The summed E-state index contributed by atoms with van der Waals surface area (Å²) in [4.78, 5) is 4.92. The standard InChI is InChI=1S/C26H30F3N5/c1-16-20(6-5-7-23(16)26(27,28)29)17(2)30-24-22-14-19(8-9-21(22)18(3)31-32-24)34-13-12-33(4)25(15-34)10-11-25/h5-9,14,17H,10-13,15H2,1-4H3,(H,30,32)/t17-/m1/s1. The Balaban J connectivity index is 1.48. The monoisotopic (exact) mass is 469 g/mol. The summed E-state index contributed by atoms with van der Waals surface area (Å²) >= 11 is 0. The fourth-order valence-electron chi connectivity index (χ4n) is 5.26. The number of halogens is 3. The molecule has 1 aliphatic carbocycles. The number of anilines is 2. The van der Waals surface area contributed by atoms with Crippen LogP contribution in [0.1, 0.15) is 48.2 Å². The van der Waals surface area contributed by atoms with E-state index in [0.717, 1.165) is 47.9 Å². The second kappa shape index (κ2) is 8.12. The Morgan fingerprint density at radius 3 is 2.50 bits per heavy atom. The van der Waals surface area contributed by atoms with Crippen LogP contribution in [0.5, 0.6) is 0 Å². The molecule has 2 aliphatic rings. The number of likely N-dealkylation sites (N-methyl/N-ethyl adjacent to an activating group) is 1. The molecule has 1 atom stereocenters. The number of aromatic nitrogens is 2. The quantitative estimate of drug-likeness (QED) is 0.529. The number of piperazine rings is 1. The molecule has 2 fully saturated rings. The lowest BCUT2D eigenvalue weighted by Crippen LogP contribution is -2.53. The minimum atomic E-state index is -4.38. The Kier molecular flexibility index (Phi) is 5.47. The third-order valence-corrected chi connectivity index (χ3v) is 7.64. The van der Waals surface area contributed by atoms with E-state index in [2.05, 4.69) is 50.6 Å². The third-order valence-electron chi connectivity index (χ3n) is 7.64. The number of nitrogens with one attached hydrogen (secondary N) is 1. The average molecular weight is 470 g/mol. The van der Waals surface area contributed by atoms with E-state index in [4.69, 9.17) is 0 Å². The van der Waals surface area contributed by atoms with E-state index in [1.807, 2.05) is 13.8 Å². The number of alkyl halides is 3. The molecule has 3 aromatic rings. The maximum atomic E-state index is 13.4. The number of fused-ring (bicyclic) bond motifs is 1. The van der Waals surface area contributed by atoms with Crippen molar-refractivity contribution in [3.05, 3.63) is 58.8 Å². The van der Waals surface area contributed by atoms with Crippen molar-refractivity contribution >= 4 is 22.3 Å². The van der Waals surface area contributed by atoms with Gasteiger partial charge in [0.25, 0.3) is 0 Å². The van der Waals surface area contributed by atoms with Crippen molar-refractivity contribution in [1.82, 2.24) is 15.1 Å². The van der Waals surface area contributed by atoms with E-state index >= 15 is 0 Å². The van der Waals surface area contributed by atoms with Gasteiger partial charge >= 0.3 is 6.18 Å². The first kappa shape index (κ1) is 22.9. The molecule has 5 rings (SSSR count). The predicted molar refractivity (Wildman–Crippen MR) is 129 cm³/mol. The molecule has 0 amide bonds. The molecule has 2 heterocycles. The molecule has 180 valence electrons. The first-order valence-corrected chi connectivity index (χ1v) is 11.8. The summed E-state index contributed by atoms with van der Waals surface area (Å²) in [5.41, 5.74) is 2.49. The molecule has 1 aromatic heterocycles. The molecule has 8 heteroatoms. The second-order valence-electron chi connectivity index (χ2n) is 9.81. The summed E-state index contributed by atoms with van der Waals surface area (Å²) in [6.07, 6.45) is -1.91. The molecule has 5 nitrogen and oxygen atoms in total. The Morgan fingerprint density at radius 1 is 1.03 bits per heavy atom. The van der Waals surface area contributed by atoms with Crippen LogP contribution in [0.2, 0.25) is 0 Å². The highest BCUT2D eigenvalue weighted by Gasteiger charge is 2.49. The number of benzene rings is 2. The van der Waals surface area contributed by atoms with Crippen LogP contribution >= 0.6 is 0 Å². The van der Waals surface area contributed by atoms with Gasteiger partial charge < -0.3 is 10.2 Å². The predicted octanol–water partition coefficient (Wildman–Crippen LogP) is 5.72. The maximum Gasteiger partial charge on any atom is 0.416 e. The van der Waals surface area contributed by atoms with Gasteiger partial charge in [-0.3, -0.25) is 4.90 Å². The smallest absolute Gasteiger partial charge is 0.368 e.